The lowest BCUT2D eigenvalue weighted by atomic mass is 10.2. The monoisotopic (exact) mass is 291 g/mol. The molecule has 3 N–H and O–H groups in total. The van der Waals surface area contributed by atoms with Gasteiger partial charge in [-0.1, -0.05) is 0 Å². The van der Waals surface area contributed by atoms with Crippen LogP contribution in [0.15, 0.2) is 12.1 Å². The summed E-state index contributed by atoms with van der Waals surface area (Å²) in [6.07, 6.45) is 0. The first-order chi connectivity index (χ1) is 9.89. The van der Waals surface area contributed by atoms with E-state index in [0.717, 1.165) is 0 Å². The Kier molecular flexibility index (Phi) is 2.92. The summed E-state index contributed by atoms with van der Waals surface area (Å²) in [7, 11) is 0. The minimum absolute atomic E-state index is 0.148. The molecule has 0 saturated heterocycles. The van der Waals surface area contributed by atoms with Crippen molar-refractivity contribution >= 4 is 17.0 Å². The predicted molar refractivity (Wildman–Crippen MR) is 70.8 cm³/mol. The van der Waals surface area contributed by atoms with Crippen molar-refractivity contribution in [3.63, 3.8) is 0 Å². The fourth-order valence-corrected chi connectivity index (χ4v) is 2.16. The topological polar surface area (TPSA) is 117 Å². The van der Waals surface area contributed by atoms with Gasteiger partial charge in [0.15, 0.2) is 17.2 Å². The summed E-state index contributed by atoms with van der Waals surface area (Å²) < 4.78 is 11.2. The molecule has 0 aliphatic carbocycles. The summed E-state index contributed by atoms with van der Waals surface area (Å²) in [4.78, 5) is 24.0. The molecule has 2 aromatic rings. The lowest BCUT2D eigenvalue weighted by Crippen LogP contribution is -2.29. The van der Waals surface area contributed by atoms with E-state index in [2.05, 4.69) is 14.8 Å². The highest BCUT2D eigenvalue weighted by atomic mass is 16.7. The quantitative estimate of drug-likeness (QED) is 0.811. The molecule has 1 aromatic carbocycles. The van der Waals surface area contributed by atoms with Crippen molar-refractivity contribution in [3.8, 4) is 11.5 Å². The van der Waals surface area contributed by atoms with E-state index in [1.165, 1.54) is 0 Å². The van der Waals surface area contributed by atoms with E-state index in [4.69, 9.17) is 15.4 Å². The highest BCUT2D eigenvalue weighted by Crippen LogP contribution is 2.41. The van der Waals surface area contributed by atoms with Gasteiger partial charge in [0.2, 0.25) is 5.79 Å². The van der Waals surface area contributed by atoms with Gasteiger partial charge in [-0.3, -0.25) is 4.84 Å². The molecule has 0 radical (unpaired) electrons. The zero-order valence-electron chi connectivity index (χ0n) is 11.4. The first-order valence-corrected chi connectivity index (χ1v) is 6.17. The van der Waals surface area contributed by atoms with E-state index in [-0.39, 0.29) is 18.0 Å². The number of aromatic carboxylic acids is 1. The van der Waals surface area contributed by atoms with E-state index >= 15 is 0 Å². The number of aromatic nitrogens is 2. The molecule has 0 atom stereocenters. The first-order valence-electron chi connectivity index (χ1n) is 6.17. The minimum atomic E-state index is -1.20. The number of benzene rings is 1. The molecule has 0 bridgehead atoms. The molecule has 3 rings (SSSR count). The van der Waals surface area contributed by atoms with Gasteiger partial charge in [-0.25, -0.2) is 20.7 Å². The average molecular weight is 291 g/mol. The number of carboxylic acids is 1. The predicted octanol–water partition coefficient (Wildman–Crippen LogP) is 1.23. The summed E-state index contributed by atoms with van der Waals surface area (Å²) in [6, 6.07) is 3.25. The van der Waals surface area contributed by atoms with Crippen LogP contribution in [0.2, 0.25) is 0 Å². The van der Waals surface area contributed by atoms with Crippen LogP contribution in [0.5, 0.6) is 11.5 Å². The highest BCUT2D eigenvalue weighted by molar-refractivity contribution is 5.90. The van der Waals surface area contributed by atoms with Gasteiger partial charge < -0.3 is 14.6 Å². The van der Waals surface area contributed by atoms with Crippen molar-refractivity contribution in [1.29, 1.82) is 0 Å². The third kappa shape index (κ3) is 2.34. The molecule has 0 spiro atoms. The van der Waals surface area contributed by atoms with Crippen LogP contribution in [0.25, 0.3) is 11.0 Å². The molecule has 2 heterocycles. The number of carboxylic acid groups (broad SMARTS) is 1. The van der Waals surface area contributed by atoms with E-state index in [9.17, 15) is 9.90 Å². The zero-order valence-corrected chi connectivity index (χ0v) is 11.4. The number of ether oxygens (including phenoxy) is 2. The van der Waals surface area contributed by atoms with Crippen molar-refractivity contribution < 1.29 is 24.2 Å². The summed E-state index contributed by atoms with van der Waals surface area (Å²) >= 11 is 0. The van der Waals surface area contributed by atoms with Gasteiger partial charge in [-0.2, -0.15) is 0 Å². The lowest BCUT2D eigenvalue weighted by molar-refractivity contribution is -0.0431. The summed E-state index contributed by atoms with van der Waals surface area (Å²) in [5.74, 6) is 4.05. The van der Waals surface area contributed by atoms with E-state index in [1.807, 2.05) is 0 Å². The maximum absolute atomic E-state index is 11.2. The third-order valence-corrected chi connectivity index (χ3v) is 2.94. The van der Waals surface area contributed by atoms with E-state index in [1.54, 1.807) is 26.0 Å². The van der Waals surface area contributed by atoms with E-state index in [0.29, 0.717) is 22.5 Å². The van der Waals surface area contributed by atoms with Crippen LogP contribution >= 0.6 is 0 Å². The number of hydrogen-bond donors (Lipinski definition) is 2. The van der Waals surface area contributed by atoms with Gasteiger partial charge in [0.05, 0.1) is 11.0 Å². The number of nitrogens with zero attached hydrogens (tertiary/aromatic N) is 2. The van der Waals surface area contributed by atoms with Gasteiger partial charge in [0, 0.05) is 26.0 Å². The van der Waals surface area contributed by atoms with Crippen LogP contribution in [-0.4, -0.2) is 26.8 Å². The van der Waals surface area contributed by atoms with Crippen LogP contribution in [0.3, 0.4) is 0 Å². The maximum Gasteiger partial charge on any atom is 0.356 e. The van der Waals surface area contributed by atoms with E-state index < -0.39 is 11.8 Å². The summed E-state index contributed by atoms with van der Waals surface area (Å²) in [5.41, 5.74) is 0.821. The Bertz CT molecular complexity index is 744. The second kappa shape index (κ2) is 4.54. The van der Waals surface area contributed by atoms with Crippen LogP contribution in [-0.2, 0) is 11.4 Å². The highest BCUT2D eigenvalue weighted by Gasteiger charge is 2.32. The van der Waals surface area contributed by atoms with Gasteiger partial charge in [0.25, 0.3) is 0 Å². The fourth-order valence-electron chi connectivity index (χ4n) is 2.16. The molecule has 0 amide bonds. The molecule has 8 heteroatoms. The minimum Gasteiger partial charge on any atom is -0.476 e. The maximum atomic E-state index is 11.2. The Morgan fingerprint density at radius 3 is 2.38 bits per heavy atom. The number of rotatable bonds is 3. The van der Waals surface area contributed by atoms with Gasteiger partial charge in [-0.15, -0.1) is 0 Å². The molecule has 0 unspecified atom stereocenters. The Balaban J connectivity index is 2.18. The van der Waals surface area contributed by atoms with Crippen molar-refractivity contribution in [2.75, 3.05) is 0 Å². The van der Waals surface area contributed by atoms with Crippen molar-refractivity contribution in [3.05, 3.63) is 23.5 Å². The molecule has 0 fully saturated rings. The molecule has 0 saturated carbocycles. The second-order valence-electron chi connectivity index (χ2n) is 5.03. The van der Waals surface area contributed by atoms with Gasteiger partial charge >= 0.3 is 5.97 Å². The summed E-state index contributed by atoms with van der Waals surface area (Å²) in [6.45, 7) is 3.40. The molecule has 8 nitrogen and oxygen atoms in total. The number of fused-ring (bicyclic) bond motifs is 2. The van der Waals surface area contributed by atoms with Crippen molar-refractivity contribution in [1.82, 2.24) is 9.97 Å². The lowest BCUT2D eigenvalue weighted by Gasteiger charge is -2.16. The Labute approximate surface area is 119 Å². The Hall–Kier alpha value is -2.45. The zero-order chi connectivity index (χ0) is 15.2. The molecule has 1 aliphatic heterocycles. The largest absolute Gasteiger partial charge is 0.476 e. The average Bonchev–Trinajstić information content (AvgIpc) is 2.68. The SMILES string of the molecule is CC1(C)Oc2cc3nc(CON)c(C(=O)O)nc3cc2O1. The molecule has 110 valence electrons. The van der Waals surface area contributed by atoms with Crippen LogP contribution in [0, 0.1) is 0 Å². The smallest absolute Gasteiger partial charge is 0.356 e. The van der Waals surface area contributed by atoms with Crippen LogP contribution in [0.4, 0.5) is 0 Å². The van der Waals surface area contributed by atoms with Gasteiger partial charge in [0.1, 0.15) is 12.3 Å². The number of nitrogens with two attached hydrogens (primary N) is 1. The Morgan fingerprint density at radius 2 is 1.86 bits per heavy atom. The molecular formula is C13H13N3O5. The standard InChI is InChI=1S/C13H13N3O5/c1-13(2)20-9-3-6-7(4-10(9)21-13)16-11(12(17)18)8(15-6)5-19-14/h3-4H,5,14H2,1-2H3,(H,17,18). The molecule has 1 aromatic heterocycles. The third-order valence-electron chi connectivity index (χ3n) is 2.94. The summed E-state index contributed by atoms with van der Waals surface area (Å²) in [5, 5.41) is 9.17. The Morgan fingerprint density at radius 1 is 1.29 bits per heavy atom. The van der Waals surface area contributed by atoms with Crippen LogP contribution in [0.1, 0.15) is 30.0 Å². The second-order valence-corrected chi connectivity index (χ2v) is 5.03. The van der Waals surface area contributed by atoms with Crippen molar-refractivity contribution in [2.45, 2.75) is 26.2 Å². The number of carbonyl (C=O) groups is 1. The normalized spacial score (nSPS) is 15.4. The molecule has 21 heavy (non-hydrogen) atoms. The van der Waals surface area contributed by atoms with Crippen molar-refractivity contribution in [2.24, 2.45) is 5.90 Å². The number of hydrogen-bond acceptors (Lipinski definition) is 7. The van der Waals surface area contributed by atoms with Crippen LogP contribution < -0.4 is 15.4 Å². The molecular weight excluding hydrogens is 278 g/mol. The van der Waals surface area contributed by atoms with Gasteiger partial charge in [-0.05, 0) is 0 Å². The molecule has 1 aliphatic rings. The fraction of sp³-hybridized carbons (Fsp3) is 0.308. The first kappa shape index (κ1) is 13.5.